The Balaban J connectivity index is 1.39. The van der Waals surface area contributed by atoms with E-state index in [1.807, 2.05) is 35.1 Å². The number of carbonyl (C=O) groups excluding carboxylic acids is 1. The second-order valence-corrected chi connectivity index (χ2v) is 10.1. The van der Waals surface area contributed by atoms with Crippen LogP contribution in [0.4, 0.5) is 5.82 Å². The molecule has 5 aromatic rings. The van der Waals surface area contributed by atoms with Gasteiger partial charge in [-0.15, -0.1) is 0 Å². The Bertz CT molecular complexity index is 1590. The molecule has 10 heteroatoms. The Labute approximate surface area is 229 Å². The van der Waals surface area contributed by atoms with Crippen LogP contribution in [-0.2, 0) is 6.54 Å². The SMILES string of the molecule is O=C(Nc1nn(Cc2c(Cl)cccc2Cl)c2cc(-c3cnn(C4CCNCC4)c3)cnc12)c1ccccc1. The molecule has 0 aliphatic carbocycles. The number of aromatic nitrogens is 5. The van der Waals surface area contributed by atoms with E-state index in [1.165, 1.54) is 0 Å². The lowest BCUT2D eigenvalue weighted by molar-refractivity contribution is 0.102. The number of fused-ring (bicyclic) bond motifs is 1. The molecule has 1 aliphatic heterocycles. The maximum atomic E-state index is 12.9. The van der Waals surface area contributed by atoms with Crippen molar-refractivity contribution in [2.75, 3.05) is 18.4 Å². The topological polar surface area (TPSA) is 89.7 Å². The summed E-state index contributed by atoms with van der Waals surface area (Å²) < 4.78 is 3.82. The number of nitrogens with zero attached hydrogens (tertiary/aromatic N) is 5. The number of piperidine rings is 1. The Hall–Kier alpha value is -3.72. The van der Waals surface area contributed by atoms with Crippen molar-refractivity contribution in [1.82, 2.24) is 29.9 Å². The number of pyridine rings is 1. The van der Waals surface area contributed by atoms with Gasteiger partial charge in [-0.05, 0) is 56.3 Å². The van der Waals surface area contributed by atoms with E-state index in [9.17, 15) is 4.79 Å². The summed E-state index contributed by atoms with van der Waals surface area (Å²) in [7, 11) is 0. The summed E-state index contributed by atoms with van der Waals surface area (Å²) in [6.07, 6.45) is 7.83. The second kappa shape index (κ2) is 10.6. The fraction of sp³-hybridized carbons (Fsp3) is 0.214. The highest BCUT2D eigenvalue weighted by Gasteiger charge is 2.20. The second-order valence-electron chi connectivity index (χ2n) is 9.31. The van der Waals surface area contributed by atoms with Crippen LogP contribution >= 0.6 is 23.2 Å². The first-order valence-electron chi connectivity index (χ1n) is 12.5. The molecule has 2 aromatic carbocycles. The molecule has 0 unspecified atom stereocenters. The number of anilines is 1. The van der Waals surface area contributed by atoms with E-state index < -0.39 is 0 Å². The Morgan fingerprint density at radius 3 is 2.53 bits per heavy atom. The zero-order chi connectivity index (χ0) is 26.1. The van der Waals surface area contributed by atoms with E-state index in [-0.39, 0.29) is 5.91 Å². The minimum atomic E-state index is -0.262. The van der Waals surface area contributed by atoms with E-state index in [1.54, 1.807) is 41.2 Å². The van der Waals surface area contributed by atoms with Crippen LogP contribution in [0.5, 0.6) is 0 Å². The fourth-order valence-electron chi connectivity index (χ4n) is 4.78. The molecule has 0 spiro atoms. The fourth-order valence-corrected chi connectivity index (χ4v) is 5.29. The Morgan fingerprint density at radius 1 is 1.00 bits per heavy atom. The molecule has 1 aliphatic rings. The van der Waals surface area contributed by atoms with Gasteiger partial charge < -0.3 is 10.6 Å². The van der Waals surface area contributed by atoms with Crippen LogP contribution in [0.1, 0.15) is 34.8 Å². The van der Waals surface area contributed by atoms with Gasteiger partial charge in [-0.25, -0.2) is 4.98 Å². The van der Waals surface area contributed by atoms with Crippen molar-refractivity contribution in [3.05, 3.63) is 94.4 Å². The van der Waals surface area contributed by atoms with Crippen molar-refractivity contribution in [1.29, 1.82) is 0 Å². The van der Waals surface area contributed by atoms with Gasteiger partial charge in [0.1, 0.15) is 5.52 Å². The maximum absolute atomic E-state index is 12.9. The van der Waals surface area contributed by atoms with Crippen LogP contribution in [0.25, 0.3) is 22.2 Å². The highest BCUT2D eigenvalue weighted by atomic mass is 35.5. The monoisotopic (exact) mass is 545 g/mol. The number of nitrogens with one attached hydrogen (secondary N) is 2. The number of benzene rings is 2. The normalized spacial score (nSPS) is 14.2. The van der Waals surface area contributed by atoms with Gasteiger partial charge in [0.2, 0.25) is 0 Å². The third-order valence-corrected chi connectivity index (χ3v) is 7.55. The molecule has 0 atom stereocenters. The summed E-state index contributed by atoms with van der Waals surface area (Å²) in [5.41, 5.74) is 4.47. The Morgan fingerprint density at radius 2 is 1.76 bits per heavy atom. The predicted octanol–water partition coefficient (Wildman–Crippen LogP) is 5.83. The van der Waals surface area contributed by atoms with Crippen molar-refractivity contribution < 1.29 is 4.79 Å². The van der Waals surface area contributed by atoms with Crippen molar-refractivity contribution in [2.45, 2.75) is 25.4 Å². The number of halogens is 2. The molecule has 1 fully saturated rings. The van der Waals surface area contributed by atoms with E-state index >= 15 is 0 Å². The zero-order valence-electron chi connectivity index (χ0n) is 20.4. The average molecular weight is 546 g/mol. The van der Waals surface area contributed by atoms with Crippen LogP contribution in [0.2, 0.25) is 10.0 Å². The molecule has 1 amide bonds. The summed E-state index contributed by atoms with van der Waals surface area (Å²) in [6.45, 7) is 2.30. The predicted molar refractivity (Wildman–Crippen MR) is 150 cm³/mol. The van der Waals surface area contributed by atoms with Crippen LogP contribution in [-0.4, -0.2) is 43.5 Å². The van der Waals surface area contributed by atoms with E-state index in [0.717, 1.165) is 48.1 Å². The first-order valence-corrected chi connectivity index (χ1v) is 13.2. The highest BCUT2D eigenvalue weighted by Crippen LogP contribution is 2.31. The number of hydrogen-bond donors (Lipinski definition) is 2. The summed E-state index contributed by atoms with van der Waals surface area (Å²) in [5, 5.41) is 16.8. The first-order chi connectivity index (χ1) is 18.6. The van der Waals surface area contributed by atoms with Gasteiger partial charge in [-0.3, -0.25) is 14.2 Å². The van der Waals surface area contributed by atoms with Gasteiger partial charge in [-0.2, -0.15) is 10.2 Å². The smallest absolute Gasteiger partial charge is 0.256 e. The van der Waals surface area contributed by atoms with Crippen molar-refractivity contribution in [2.24, 2.45) is 0 Å². The molecule has 8 nitrogen and oxygen atoms in total. The third-order valence-electron chi connectivity index (χ3n) is 6.85. The van der Waals surface area contributed by atoms with Gasteiger partial charge in [0.15, 0.2) is 5.82 Å². The molecule has 0 saturated carbocycles. The highest BCUT2D eigenvalue weighted by molar-refractivity contribution is 6.36. The largest absolute Gasteiger partial charge is 0.317 e. The van der Waals surface area contributed by atoms with Gasteiger partial charge in [0.25, 0.3) is 5.91 Å². The number of carbonyl (C=O) groups is 1. The zero-order valence-corrected chi connectivity index (χ0v) is 22.0. The van der Waals surface area contributed by atoms with Crippen molar-refractivity contribution in [3.8, 4) is 11.1 Å². The molecule has 6 rings (SSSR count). The van der Waals surface area contributed by atoms with E-state index in [0.29, 0.717) is 39.5 Å². The molecule has 1 saturated heterocycles. The molecular formula is C28H25Cl2N7O. The van der Waals surface area contributed by atoms with Gasteiger partial charge >= 0.3 is 0 Å². The standard InChI is InChI=1S/C28H25Cl2N7O/c29-23-7-4-8-24(30)22(23)17-37-25-13-19(20-15-33-36(16-20)21-9-11-31-12-10-21)14-32-26(25)27(35-37)34-28(38)18-5-2-1-3-6-18/h1-8,13-16,21,31H,9-12,17H2,(H,34,35,38). The maximum Gasteiger partial charge on any atom is 0.256 e. The minimum absolute atomic E-state index is 0.262. The summed E-state index contributed by atoms with van der Waals surface area (Å²) in [6, 6.07) is 16.8. The average Bonchev–Trinajstić information content (AvgIpc) is 3.57. The van der Waals surface area contributed by atoms with Gasteiger partial charge in [0.05, 0.1) is 24.3 Å². The van der Waals surface area contributed by atoms with Crippen molar-refractivity contribution >= 4 is 46.0 Å². The van der Waals surface area contributed by atoms with Crippen LogP contribution in [0, 0.1) is 0 Å². The molecular weight excluding hydrogens is 521 g/mol. The molecule has 0 bridgehead atoms. The lowest BCUT2D eigenvalue weighted by Crippen LogP contribution is -2.29. The van der Waals surface area contributed by atoms with Gasteiger partial charge in [0, 0.05) is 44.7 Å². The first kappa shape index (κ1) is 24.6. The molecule has 38 heavy (non-hydrogen) atoms. The van der Waals surface area contributed by atoms with E-state index in [4.69, 9.17) is 33.3 Å². The number of amides is 1. The molecule has 2 N–H and O–H groups in total. The lowest BCUT2D eigenvalue weighted by atomic mass is 10.1. The molecule has 0 radical (unpaired) electrons. The van der Waals surface area contributed by atoms with Crippen molar-refractivity contribution in [3.63, 3.8) is 0 Å². The van der Waals surface area contributed by atoms with Crippen LogP contribution in [0.3, 0.4) is 0 Å². The number of rotatable bonds is 6. The van der Waals surface area contributed by atoms with Gasteiger partial charge in [-0.1, -0.05) is 47.5 Å². The number of hydrogen-bond acceptors (Lipinski definition) is 5. The molecule has 192 valence electrons. The summed E-state index contributed by atoms with van der Waals surface area (Å²) >= 11 is 13.0. The quantitative estimate of drug-likeness (QED) is 0.280. The summed E-state index contributed by atoms with van der Waals surface area (Å²) in [4.78, 5) is 17.7. The molecule has 4 heterocycles. The molecule has 3 aromatic heterocycles. The van der Waals surface area contributed by atoms with E-state index in [2.05, 4.69) is 21.9 Å². The van der Waals surface area contributed by atoms with Crippen LogP contribution < -0.4 is 10.6 Å². The minimum Gasteiger partial charge on any atom is -0.317 e. The Kier molecular flexibility index (Phi) is 6.84. The lowest BCUT2D eigenvalue weighted by Gasteiger charge is -2.22. The van der Waals surface area contributed by atoms with Crippen LogP contribution in [0.15, 0.2) is 73.2 Å². The third kappa shape index (κ3) is 4.90. The summed E-state index contributed by atoms with van der Waals surface area (Å²) in [5.74, 6) is 0.107.